The van der Waals surface area contributed by atoms with E-state index in [9.17, 15) is 9.59 Å². The van der Waals surface area contributed by atoms with Crippen LogP contribution in [-0.4, -0.2) is 41.5 Å². The van der Waals surface area contributed by atoms with Gasteiger partial charge in [-0.05, 0) is 31.9 Å². The van der Waals surface area contributed by atoms with Crippen LogP contribution in [0.2, 0.25) is 0 Å². The van der Waals surface area contributed by atoms with E-state index in [1.807, 2.05) is 36.1 Å². The zero-order valence-corrected chi connectivity index (χ0v) is 14.7. The van der Waals surface area contributed by atoms with Crippen LogP contribution in [0.25, 0.3) is 10.9 Å². The quantitative estimate of drug-likeness (QED) is 0.803. The van der Waals surface area contributed by atoms with E-state index in [1.165, 1.54) is 6.42 Å². The van der Waals surface area contributed by atoms with Crippen molar-refractivity contribution < 1.29 is 14.3 Å². The first-order chi connectivity index (χ1) is 12.1. The summed E-state index contributed by atoms with van der Waals surface area (Å²) in [6, 6.07) is 9.17. The molecule has 0 bridgehead atoms. The second kappa shape index (κ2) is 8.10. The summed E-state index contributed by atoms with van der Waals surface area (Å²) < 4.78 is 5.32. The van der Waals surface area contributed by atoms with Gasteiger partial charge in [-0.1, -0.05) is 37.5 Å². The minimum Gasteiger partial charge on any atom is -0.452 e. The fourth-order valence-corrected chi connectivity index (χ4v) is 3.27. The highest BCUT2D eigenvalue weighted by molar-refractivity contribution is 6.04. The van der Waals surface area contributed by atoms with Crippen molar-refractivity contribution in [1.29, 1.82) is 0 Å². The van der Waals surface area contributed by atoms with Gasteiger partial charge in [0.2, 0.25) is 0 Å². The molecule has 1 aliphatic rings. The molecule has 5 heteroatoms. The SMILES string of the molecule is Cc1cc(C(=O)OCC(=O)N2CCCCCCC2)c2ccccc2n1. The zero-order chi connectivity index (χ0) is 17.6. The van der Waals surface area contributed by atoms with Gasteiger partial charge in [0.25, 0.3) is 5.91 Å². The van der Waals surface area contributed by atoms with Crippen LogP contribution >= 0.6 is 0 Å². The van der Waals surface area contributed by atoms with Crippen LogP contribution in [0.1, 0.15) is 48.2 Å². The Balaban J connectivity index is 1.67. The molecule has 132 valence electrons. The van der Waals surface area contributed by atoms with Gasteiger partial charge >= 0.3 is 5.97 Å². The van der Waals surface area contributed by atoms with Crippen LogP contribution in [0.3, 0.4) is 0 Å². The molecule has 0 atom stereocenters. The zero-order valence-electron chi connectivity index (χ0n) is 14.7. The Morgan fingerprint density at radius 1 is 1.08 bits per heavy atom. The summed E-state index contributed by atoms with van der Waals surface area (Å²) in [5.41, 5.74) is 1.97. The number of para-hydroxylation sites is 1. The van der Waals surface area contributed by atoms with Crippen LogP contribution in [0.5, 0.6) is 0 Å². The van der Waals surface area contributed by atoms with Crippen LogP contribution in [0.15, 0.2) is 30.3 Å². The molecular formula is C20H24N2O3. The molecule has 0 spiro atoms. The number of hydrogen-bond donors (Lipinski definition) is 0. The maximum absolute atomic E-state index is 12.5. The Kier molecular flexibility index (Phi) is 5.64. The maximum Gasteiger partial charge on any atom is 0.339 e. The molecule has 0 unspecified atom stereocenters. The molecule has 1 amide bonds. The molecule has 5 nitrogen and oxygen atoms in total. The summed E-state index contributed by atoms with van der Waals surface area (Å²) in [5.74, 6) is -0.576. The van der Waals surface area contributed by atoms with Crippen molar-refractivity contribution >= 4 is 22.8 Å². The minimum absolute atomic E-state index is 0.106. The standard InChI is InChI=1S/C20H24N2O3/c1-15-13-17(16-9-5-6-10-18(16)21-15)20(24)25-14-19(23)22-11-7-3-2-4-8-12-22/h5-6,9-10,13H,2-4,7-8,11-12,14H2,1H3. The molecule has 3 rings (SSSR count). The highest BCUT2D eigenvalue weighted by Gasteiger charge is 2.19. The normalized spacial score (nSPS) is 15.5. The Morgan fingerprint density at radius 3 is 2.52 bits per heavy atom. The molecule has 0 aliphatic carbocycles. The first kappa shape index (κ1) is 17.4. The topological polar surface area (TPSA) is 59.5 Å². The van der Waals surface area contributed by atoms with Gasteiger partial charge in [0.05, 0.1) is 11.1 Å². The lowest BCUT2D eigenvalue weighted by molar-refractivity contribution is -0.134. The van der Waals surface area contributed by atoms with Crippen molar-refractivity contribution in [2.24, 2.45) is 0 Å². The third-order valence-corrected chi connectivity index (χ3v) is 4.60. The van der Waals surface area contributed by atoms with Crippen molar-refractivity contribution in [2.75, 3.05) is 19.7 Å². The van der Waals surface area contributed by atoms with E-state index in [0.29, 0.717) is 5.56 Å². The molecule has 1 aromatic heterocycles. The molecular weight excluding hydrogens is 316 g/mol. The number of aryl methyl sites for hydroxylation is 1. The van der Waals surface area contributed by atoms with E-state index < -0.39 is 5.97 Å². The number of esters is 1. The monoisotopic (exact) mass is 340 g/mol. The first-order valence-corrected chi connectivity index (χ1v) is 8.96. The molecule has 0 N–H and O–H groups in total. The number of aromatic nitrogens is 1. The average molecular weight is 340 g/mol. The van der Waals surface area contributed by atoms with Crippen LogP contribution < -0.4 is 0 Å². The van der Waals surface area contributed by atoms with Crippen LogP contribution in [0, 0.1) is 6.92 Å². The van der Waals surface area contributed by atoms with Crippen LogP contribution in [0.4, 0.5) is 0 Å². The molecule has 1 aliphatic heterocycles. The Labute approximate surface area is 148 Å². The van der Waals surface area contributed by atoms with E-state index in [-0.39, 0.29) is 12.5 Å². The predicted octanol–water partition coefficient (Wildman–Crippen LogP) is 3.49. The van der Waals surface area contributed by atoms with Gasteiger partial charge in [0.15, 0.2) is 6.61 Å². The molecule has 0 saturated carbocycles. The lowest BCUT2D eigenvalue weighted by Crippen LogP contribution is -2.37. The largest absolute Gasteiger partial charge is 0.452 e. The molecule has 1 saturated heterocycles. The summed E-state index contributed by atoms with van der Waals surface area (Å²) in [5, 5.41) is 0.747. The Morgan fingerprint density at radius 2 is 1.76 bits per heavy atom. The third-order valence-electron chi connectivity index (χ3n) is 4.60. The molecule has 2 heterocycles. The first-order valence-electron chi connectivity index (χ1n) is 8.96. The fraction of sp³-hybridized carbons (Fsp3) is 0.450. The molecule has 0 radical (unpaired) electrons. The fourth-order valence-electron chi connectivity index (χ4n) is 3.27. The van der Waals surface area contributed by atoms with Crippen molar-refractivity contribution in [3.63, 3.8) is 0 Å². The number of fused-ring (bicyclic) bond motifs is 1. The van der Waals surface area contributed by atoms with Gasteiger partial charge in [-0.15, -0.1) is 0 Å². The lowest BCUT2D eigenvalue weighted by Gasteiger charge is -2.24. The summed E-state index contributed by atoms with van der Waals surface area (Å²) in [6.45, 7) is 3.16. The number of rotatable bonds is 3. The van der Waals surface area contributed by atoms with Gasteiger partial charge in [-0.2, -0.15) is 0 Å². The summed E-state index contributed by atoms with van der Waals surface area (Å²) in [7, 11) is 0. The van der Waals surface area contributed by atoms with Gasteiger partial charge in [0.1, 0.15) is 0 Å². The third kappa shape index (κ3) is 4.35. The molecule has 1 fully saturated rings. The van der Waals surface area contributed by atoms with Crippen LogP contribution in [-0.2, 0) is 9.53 Å². The lowest BCUT2D eigenvalue weighted by atomic mass is 10.1. The van der Waals surface area contributed by atoms with Gasteiger partial charge in [0, 0.05) is 24.2 Å². The van der Waals surface area contributed by atoms with E-state index in [1.54, 1.807) is 6.07 Å². The van der Waals surface area contributed by atoms with Gasteiger partial charge in [-0.25, -0.2) is 4.79 Å². The number of pyridine rings is 1. The smallest absolute Gasteiger partial charge is 0.339 e. The maximum atomic E-state index is 12.5. The molecule has 2 aromatic rings. The van der Waals surface area contributed by atoms with Crippen molar-refractivity contribution in [1.82, 2.24) is 9.88 Å². The number of ether oxygens (including phenoxy) is 1. The van der Waals surface area contributed by atoms with E-state index in [2.05, 4.69) is 4.98 Å². The number of carbonyl (C=O) groups is 2. The highest BCUT2D eigenvalue weighted by Crippen LogP contribution is 2.19. The minimum atomic E-state index is -0.470. The second-order valence-electron chi connectivity index (χ2n) is 6.55. The number of carbonyl (C=O) groups excluding carboxylic acids is 2. The summed E-state index contributed by atoms with van der Waals surface area (Å²) >= 11 is 0. The van der Waals surface area contributed by atoms with Gasteiger partial charge in [-0.3, -0.25) is 9.78 Å². The number of nitrogens with zero attached hydrogens (tertiary/aromatic N) is 2. The average Bonchev–Trinajstić information content (AvgIpc) is 2.58. The molecule has 1 aromatic carbocycles. The molecule has 25 heavy (non-hydrogen) atoms. The van der Waals surface area contributed by atoms with E-state index >= 15 is 0 Å². The van der Waals surface area contributed by atoms with Crippen molar-refractivity contribution in [3.05, 3.63) is 41.6 Å². The predicted molar refractivity (Wildman–Crippen MR) is 96.4 cm³/mol. The van der Waals surface area contributed by atoms with E-state index in [4.69, 9.17) is 4.74 Å². The van der Waals surface area contributed by atoms with E-state index in [0.717, 1.165) is 55.4 Å². The summed E-state index contributed by atoms with van der Waals surface area (Å²) in [4.78, 5) is 31.1. The van der Waals surface area contributed by atoms with Gasteiger partial charge < -0.3 is 9.64 Å². The summed E-state index contributed by atoms with van der Waals surface area (Å²) in [6.07, 6.45) is 5.60. The second-order valence-corrected chi connectivity index (χ2v) is 6.55. The number of amides is 1. The highest BCUT2D eigenvalue weighted by atomic mass is 16.5. The van der Waals surface area contributed by atoms with Crippen molar-refractivity contribution in [2.45, 2.75) is 39.0 Å². The number of hydrogen-bond acceptors (Lipinski definition) is 4. The van der Waals surface area contributed by atoms with Crippen molar-refractivity contribution in [3.8, 4) is 0 Å². The Bertz CT molecular complexity index is 765. The number of benzene rings is 1. The Hall–Kier alpha value is -2.43. The number of likely N-dealkylation sites (tertiary alicyclic amines) is 1.